The maximum atomic E-state index is 12.8. The second kappa shape index (κ2) is 8.51. The van der Waals surface area contributed by atoms with Crippen molar-refractivity contribution in [3.8, 4) is 0 Å². The number of halogens is 4. The van der Waals surface area contributed by atoms with Gasteiger partial charge >= 0.3 is 0 Å². The fraction of sp³-hybridized carbons (Fsp3) is 0.278. The van der Waals surface area contributed by atoms with Crippen LogP contribution >= 0.6 is 0 Å². The average Bonchev–Trinajstić information content (AvgIpc) is 2.58. The molecular formula is C18H17F4NO3S. The minimum Gasteiger partial charge on any atom is -0.339 e. The number of amides is 1. The van der Waals surface area contributed by atoms with E-state index < -0.39 is 33.1 Å². The van der Waals surface area contributed by atoms with Crippen molar-refractivity contribution in [1.82, 2.24) is 4.90 Å². The van der Waals surface area contributed by atoms with Gasteiger partial charge in [-0.05, 0) is 42.8 Å². The molecule has 0 radical (unpaired) electrons. The number of carbonyl (C=O) groups excluding carboxylic acids is 1. The summed E-state index contributed by atoms with van der Waals surface area (Å²) < 4.78 is 72.7. The highest BCUT2D eigenvalue weighted by atomic mass is 32.2. The number of sulfone groups is 1. The van der Waals surface area contributed by atoms with E-state index in [-0.39, 0.29) is 22.1 Å². The molecule has 0 spiro atoms. The van der Waals surface area contributed by atoms with Gasteiger partial charge in [0.2, 0.25) is 0 Å². The van der Waals surface area contributed by atoms with Gasteiger partial charge in [0.15, 0.2) is 33.1 Å². The van der Waals surface area contributed by atoms with Crippen LogP contribution in [0.2, 0.25) is 0 Å². The van der Waals surface area contributed by atoms with Gasteiger partial charge in [0.25, 0.3) is 5.91 Å². The van der Waals surface area contributed by atoms with Crippen molar-refractivity contribution in [2.45, 2.75) is 18.2 Å². The number of hydrogen-bond donors (Lipinski definition) is 0. The van der Waals surface area contributed by atoms with Crippen LogP contribution in [0.15, 0.2) is 41.3 Å². The first kappa shape index (κ1) is 20.9. The van der Waals surface area contributed by atoms with E-state index in [0.29, 0.717) is 19.2 Å². The predicted molar refractivity (Wildman–Crippen MR) is 91.0 cm³/mol. The molecule has 9 heteroatoms. The lowest BCUT2D eigenvalue weighted by atomic mass is 10.1. The first-order valence-electron chi connectivity index (χ1n) is 8.08. The molecular weight excluding hydrogens is 386 g/mol. The molecule has 0 atom stereocenters. The standard InChI is InChI=1S/C10H9F2NO.C8H8F2O2S/c11-8-3-2-7(6-9(8)12)10(14)13-4-1-5-13;1-2-13(11,12)6-3-4-7(9)8(10)5-6/h2-3,6H,1,4-5H2;3-5H,2H2,1H3. The first-order chi connectivity index (χ1) is 12.7. The van der Waals surface area contributed by atoms with E-state index in [0.717, 1.165) is 30.7 Å². The summed E-state index contributed by atoms with van der Waals surface area (Å²) in [7, 11) is -3.44. The molecule has 0 bridgehead atoms. The fourth-order valence-electron chi connectivity index (χ4n) is 2.17. The van der Waals surface area contributed by atoms with Gasteiger partial charge < -0.3 is 4.90 Å². The molecule has 2 aromatic rings. The maximum absolute atomic E-state index is 12.8. The van der Waals surface area contributed by atoms with Crippen LogP contribution in [0.4, 0.5) is 17.6 Å². The molecule has 1 saturated heterocycles. The molecule has 146 valence electrons. The van der Waals surface area contributed by atoms with E-state index in [4.69, 9.17) is 0 Å². The topological polar surface area (TPSA) is 54.5 Å². The van der Waals surface area contributed by atoms with Crippen molar-refractivity contribution in [3.63, 3.8) is 0 Å². The first-order valence-corrected chi connectivity index (χ1v) is 9.73. The summed E-state index contributed by atoms with van der Waals surface area (Å²) in [6.07, 6.45) is 0.982. The van der Waals surface area contributed by atoms with Crippen LogP contribution in [0.3, 0.4) is 0 Å². The molecule has 27 heavy (non-hydrogen) atoms. The molecule has 1 fully saturated rings. The largest absolute Gasteiger partial charge is 0.339 e. The second-order valence-electron chi connectivity index (χ2n) is 5.75. The molecule has 0 saturated carbocycles. The third-order valence-corrected chi connectivity index (χ3v) is 5.67. The van der Waals surface area contributed by atoms with E-state index in [1.54, 1.807) is 4.90 Å². The van der Waals surface area contributed by atoms with Crippen molar-refractivity contribution in [2.75, 3.05) is 18.8 Å². The zero-order valence-corrected chi connectivity index (χ0v) is 15.2. The van der Waals surface area contributed by atoms with Gasteiger partial charge in [-0.2, -0.15) is 0 Å². The lowest BCUT2D eigenvalue weighted by molar-refractivity contribution is 0.0651. The molecule has 1 aliphatic rings. The number of likely N-dealkylation sites (tertiary alicyclic amines) is 1. The zero-order chi connectivity index (χ0) is 20.2. The summed E-state index contributed by atoms with van der Waals surface area (Å²) in [4.78, 5) is 12.9. The number of carbonyl (C=O) groups is 1. The third kappa shape index (κ3) is 5.06. The van der Waals surface area contributed by atoms with Gasteiger partial charge in [0, 0.05) is 18.7 Å². The Morgan fingerprint density at radius 1 is 0.926 bits per heavy atom. The van der Waals surface area contributed by atoms with Crippen molar-refractivity contribution in [1.29, 1.82) is 0 Å². The Kier molecular flexibility index (Phi) is 6.59. The Hall–Kier alpha value is -2.42. The van der Waals surface area contributed by atoms with Crippen LogP contribution in [-0.4, -0.2) is 38.1 Å². The molecule has 1 amide bonds. The Morgan fingerprint density at radius 2 is 1.48 bits per heavy atom. The molecule has 0 aromatic heterocycles. The molecule has 2 aromatic carbocycles. The summed E-state index contributed by atoms with van der Waals surface area (Å²) >= 11 is 0. The second-order valence-corrected chi connectivity index (χ2v) is 8.03. The monoisotopic (exact) mass is 403 g/mol. The van der Waals surface area contributed by atoms with Crippen LogP contribution in [0, 0.1) is 23.3 Å². The van der Waals surface area contributed by atoms with Crippen LogP contribution in [0.25, 0.3) is 0 Å². The predicted octanol–water partition coefficient (Wildman–Crippen LogP) is 3.57. The molecule has 0 N–H and O–H groups in total. The molecule has 1 heterocycles. The fourth-order valence-corrected chi connectivity index (χ4v) is 3.06. The van der Waals surface area contributed by atoms with Gasteiger partial charge in [-0.25, -0.2) is 26.0 Å². The van der Waals surface area contributed by atoms with E-state index >= 15 is 0 Å². The summed E-state index contributed by atoms with van der Waals surface area (Å²) in [6.45, 7) is 2.85. The number of benzene rings is 2. The zero-order valence-electron chi connectivity index (χ0n) is 14.4. The summed E-state index contributed by atoms with van der Waals surface area (Å²) in [5.74, 6) is -4.45. The summed E-state index contributed by atoms with van der Waals surface area (Å²) in [5, 5.41) is 0. The third-order valence-electron chi connectivity index (χ3n) is 3.94. The molecule has 4 nitrogen and oxygen atoms in total. The Balaban J connectivity index is 0.000000194. The average molecular weight is 403 g/mol. The molecule has 0 aliphatic carbocycles. The van der Waals surface area contributed by atoms with Gasteiger partial charge in [0.1, 0.15) is 0 Å². The lowest BCUT2D eigenvalue weighted by Crippen LogP contribution is -2.42. The Bertz CT molecular complexity index is 944. The normalized spacial score (nSPS) is 13.4. The van der Waals surface area contributed by atoms with Crippen molar-refractivity contribution in [3.05, 3.63) is 65.2 Å². The molecule has 1 aliphatic heterocycles. The number of rotatable bonds is 3. The van der Waals surface area contributed by atoms with Crippen LogP contribution in [0.1, 0.15) is 23.7 Å². The number of nitrogens with zero attached hydrogens (tertiary/aromatic N) is 1. The molecule has 0 unspecified atom stereocenters. The Morgan fingerprint density at radius 3 is 1.93 bits per heavy atom. The highest BCUT2D eigenvalue weighted by Crippen LogP contribution is 2.15. The number of hydrogen-bond acceptors (Lipinski definition) is 3. The summed E-state index contributed by atoms with van der Waals surface area (Å²) in [6, 6.07) is 5.76. The smallest absolute Gasteiger partial charge is 0.253 e. The van der Waals surface area contributed by atoms with Gasteiger partial charge in [-0.15, -0.1) is 0 Å². The van der Waals surface area contributed by atoms with Crippen LogP contribution in [0.5, 0.6) is 0 Å². The van der Waals surface area contributed by atoms with Crippen molar-refractivity contribution in [2.24, 2.45) is 0 Å². The minimum absolute atomic E-state index is 0.127. The van der Waals surface area contributed by atoms with E-state index in [1.807, 2.05) is 0 Å². The van der Waals surface area contributed by atoms with Crippen LogP contribution < -0.4 is 0 Å². The van der Waals surface area contributed by atoms with Gasteiger partial charge in [0.05, 0.1) is 10.6 Å². The summed E-state index contributed by atoms with van der Waals surface area (Å²) in [5.41, 5.74) is 0.212. The maximum Gasteiger partial charge on any atom is 0.253 e. The van der Waals surface area contributed by atoms with E-state index in [9.17, 15) is 30.8 Å². The SMILES string of the molecule is CCS(=O)(=O)c1ccc(F)c(F)c1.O=C(c1ccc(F)c(F)c1)N1CCC1. The Labute approximate surface area is 154 Å². The highest BCUT2D eigenvalue weighted by molar-refractivity contribution is 7.91. The highest BCUT2D eigenvalue weighted by Gasteiger charge is 2.22. The molecule has 3 rings (SSSR count). The van der Waals surface area contributed by atoms with Gasteiger partial charge in [-0.1, -0.05) is 6.92 Å². The lowest BCUT2D eigenvalue weighted by Gasteiger charge is -2.30. The quantitative estimate of drug-likeness (QED) is 0.582. The van der Waals surface area contributed by atoms with Crippen molar-refractivity contribution < 1.29 is 30.8 Å². The van der Waals surface area contributed by atoms with E-state index in [2.05, 4.69) is 0 Å². The minimum atomic E-state index is -3.44. The van der Waals surface area contributed by atoms with E-state index in [1.165, 1.54) is 13.0 Å². The van der Waals surface area contributed by atoms with Crippen LogP contribution in [-0.2, 0) is 9.84 Å². The van der Waals surface area contributed by atoms with Crippen molar-refractivity contribution >= 4 is 15.7 Å². The van der Waals surface area contributed by atoms with Gasteiger partial charge in [-0.3, -0.25) is 4.79 Å².